The van der Waals surface area contributed by atoms with E-state index in [9.17, 15) is 15.0 Å². The molecule has 0 bridgehead atoms. The molecule has 1 amide bonds. The summed E-state index contributed by atoms with van der Waals surface area (Å²) in [4.78, 5) is 15.2. The van der Waals surface area contributed by atoms with E-state index in [1.54, 1.807) is 14.1 Å². The highest BCUT2D eigenvalue weighted by atomic mass is 16.6. The minimum Gasteiger partial charge on any atom is -0.394 e. The van der Waals surface area contributed by atoms with Gasteiger partial charge in [-0.2, -0.15) is 0 Å². The third-order valence-corrected chi connectivity index (χ3v) is 3.11. The maximum atomic E-state index is 11.4. The zero-order valence-electron chi connectivity index (χ0n) is 12.1. The molecule has 11 nitrogen and oxygen atoms in total. The molecule has 0 radical (unpaired) electrons. The lowest BCUT2D eigenvalue weighted by atomic mass is 10.1. The predicted molar refractivity (Wildman–Crippen MR) is 72.0 cm³/mol. The van der Waals surface area contributed by atoms with Crippen molar-refractivity contribution in [1.82, 2.24) is 14.6 Å². The number of hydrogen-bond acceptors (Lipinski definition) is 8. The third kappa shape index (κ3) is 2.92. The normalized spacial score (nSPS) is 28.4. The van der Waals surface area contributed by atoms with Crippen LogP contribution in [0, 0.1) is 0 Å². The number of primary amides is 1. The van der Waals surface area contributed by atoms with Gasteiger partial charge in [-0.1, -0.05) is 5.22 Å². The van der Waals surface area contributed by atoms with Gasteiger partial charge in [0.15, 0.2) is 17.7 Å². The smallest absolute Gasteiger partial charge is 0.271 e. The predicted octanol–water partition coefficient (Wildman–Crippen LogP) is -1.85. The van der Waals surface area contributed by atoms with Crippen LogP contribution in [0.25, 0.3) is 0 Å². The molecule has 1 aliphatic rings. The second kappa shape index (κ2) is 6.36. The van der Waals surface area contributed by atoms with Crippen molar-refractivity contribution in [1.29, 1.82) is 0 Å². The molecule has 11 heteroatoms. The highest BCUT2D eigenvalue weighted by Crippen LogP contribution is 2.33. The number of aliphatic hydroxyl groups is 3. The largest absolute Gasteiger partial charge is 0.394 e. The number of aliphatic hydroxyl groups excluding tert-OH is 3. The fourth-order valence-corrected chi connectivity index (χ4v) is 2.06. The molecule has 0 spiro atoms. The fraction of sp³-hybridized carbons (Fsp3) is 0.636. The number of carbonyl (C=O) groups excluding carboxylic acids is 1. The number of imidazole rings is 1. The van der Waals surface area contributed by atoms with Crippen molar-refractivity contribution in [2.24, 2.45) is 16.1 Å². The first kappa shape index (κ1) is 16.3. The van der Waals surface area contributed by atoms with Crippen molar-refractivity contribution >= 4 is 11.7 Å². The first-order valence-corrected chi connectivity index (χ1v) is 6.44. The SMILES string of the molecule is CN(C)N=Nc1c(C(N)=O)ncn1C1OC(CO)C(O)C1O. The molecule has 1 saturated heterocycles. The Balaban J connectivity index is 2.41. The fourth-order valence-electron chi connectivity index (χ4n) is 2.06. The van der Waals surface area contributed by atoms with E-state index in [0.29, 0.717) is 0 Å². The summed E-state index contributed by atoms with van der Waals surface area (Å²) < 4.78 is 6.60. The summed E-state index contributed by atoms with van der Waals surface area (Å²) in [6, 6.07) is 0. The average molecular weight is 314 g/mol. The van der Waals surface area contributed by atoms with Crippen molar-refractivity contribution in [3.8, 4) is 0 Å². The Morgan fingerprint density at radius 1 is 1.50 bits per heavy atom. The molecule has 22 heavy (non-hydrogen) atoms. The van der Waals surface area contributed by atoms with Gasteiger partial charge in [0.2, 0.25) is 0 Å². The van der Waals surface area contributed by atoms with Crippen LogP contribution in [-0.2, 0) is 4.74 Å². The number of aromatic nitrogens is 2. The molecule has 122 valence electrons. The van der Waals surface area contributed by atoms with Crippen LogP contribution in [0.2, 0.25) is 0 Å². The second-order valence-electron chi connectivity index (χ2n) is 4.95. The number of amides is 1. The molecule has 1 aromatic heterocycles. The second-order valence-corrected chi connectivity index (χ2v) is 4.95. The zero-order chi connectivity index (χ0) is 16.4. The average Bonchev–Trinajstić information content (AvgIpc) is 2.99. The van der Waals surface area contributed by atoms with E-state index >= 15 is 0 Å². The van der Waals surface area contributed by atoms with Crippen molar-refractivity contribution in [3.63, 3.8) is 0 Å². The van der Waals surface area contributed by atoms with Crippen molar-refractivity contribution in [2.45, 2.75) is 24.5 Å². The molecule has 2 heterocycles. The number of nitrogens with two attached hydrogens (primary N) is 1. The number of carbonyl (C=O) groups is 1. The Morgan fingerprint density at radius 2 is 2.18 bits per heavy atom. The summed E-state index contributed by atoms with van der Waals surface area (Å²) in [5, 5.41) is 37.9. The van der Waals surface area contributed by atoms with Crippen molar-refractivity contribution in [3.05, 3.63) is 12.0 Å². The maximum absolute atomic E-state index is 11.4. The van der Waals surface area contributed by atoms with Crippen LogP contribution in [0.5, 0.6) is 0 Å². The van der Waals surface area contributed by atoms with Gasteiger partial charge in [-0.25, -0.2) is 4.98 Å². The van der Waals surface area contributed by atoms with E-state index in [4.69, 9.17) is 15.6 Å². The van der Waals surface area contributed by atoms with Crippen LogP contribution in [0.1, 0.15) is 16.7 Å². The molecule has 4 atom stereocenters. The van der Waals surface area contributed by atoms with Crippen LogP contribution in [-0.4, -0.2) is 74.8 Å². The Morgan fingerprint density at radius 3 is 2.68 bits per heavy atom. The van der Waals surface area contributed by atoms with Gasteiger partial charge in [0.25, 0.3) is 5.91 Å². The molecule has 0 aliphatic carbocycles. The summed E-state index contributed by atoms with van der Waals surface area (Å²) in [6.07, 6.45) is -3.46. The standard InChI is InChI=1S/C11H18N6O5/c1-16(2)15-14-10-6(9(12)21)13-4-17(10)11-8(20)7(19)5(3-18)22-11/h4-5,7-8,11,18-20H,3H2,1-2H3,(H2,12,21). The van der Waals surface area contributed by atoms with Gasteiger partial charge in [-0.05, 0) is 0 Å². The lowest BCUT2D eigenvalue weighted by Crippen LogP contribution is -2.33. The van der Waals surface area contributed by atoms with Crippen LogP contribution in [0.15, 0.2) is 16.7 Å². The van der Waals surface area contributed by atoms with E-state index < -0.39 is 37.1 Å². The summed E-state index contributed by atoms with van der Waals surface area (Å²) >= 11 is 0. The highest BCUT2D eigenvalue weighted by molar-refractivity contribution is 5.95. The number of hydrogen-bond donors (Lipinski definition) is 4. The van der Waals surface area contributed by atoms with E-state index in [-0.39, 0.29) is 11.5 Å². The lowest BCUT2D eigenvalue weighted by molar-refractivity contribution is -0.0520. The van der Waals surface area contributed by atoms with E-state index in [0.717, 1.165) is 0 Å². The maximum Gasteiger partial charge on any atom is 0.271 e. The first-order chi connectivity index (χ1) is 10.4. The molecule has 2 rings (SSSR count). The van der Waals surface area contributed by atoms with Gasteiger partial charge in [0.1, 0.15) is 18.3 Å². The Kier molecular flexibility index (Phi) is 4.71. The summed E-state index contributed by atoms with van der Waals surface area (Å²) in [6.45, 7) is -0.472. The molecular weight excluding hydrogens is 296 g/mol. The van der Waals surface area contributed by atoms with Gasteiger partial charge in [-0.3, -0.25) is 14.4 Å². The molecule has 0 aromatic carbocycles. The zero-order valence-corrected chi connectivity index (χ0v) is 12.1. The minimum atomic E-state index is -1.33. The van der Waals surface area contributed by atoms with Gasteiger partial charge in [0.05, 0.1) is 12.9 Å². The molecule has 5 N–H and O–H groups in total. The topological polar surface area (TPSA) is 159 Å². The monoisotopic (exact) mass is 314 g/mol. The van der Waals surface area contributed by atoms with E-state index in [2.05, 4.69) is 15.3 Å². The molecule has 1 fully saturated rings. The summed E-state index contributed by atoms with van der Waals surface area (Å²) in [5.74, 6) is -0.839. The van der Waals surface area contributed by atoms with E-state index in [1.807, 2.05) is 0 Å². The van der Waals surface area contributed by atoms with Crippen LogP contribution >= 0.6 is 0 Å². The van der Waals surface area contributed by atoms with Crippen molar-refractivity contribution < 1.29 is 24.9 Å². The highest BCUT2D eigenvalue weighted by Gasteiger charge is 2.44. The summed E-state index contributed by atoms with van der Waals surface area (Å²) in [7, 11) is 3.25. The van der Waals surface area contributed by atoms with Crippen LogP contribution in [0.4, 0.5) is 5.82 Å². The first-order valence-electron chi connectivity index (χ1n) is 6.44. The number of ether oxygens (including phenoxy) is 1. The molecule has 1 aliphatic heterocycles. The minimum absolute atomic E-state index is 0.0176. The van der Waals surface area contributed by atoms with Crippen LogP contribution in [0.3, 0.4) is 0 Å². The third-order valence-electron chi connectivity index (χ3n) is 3.11. The molecule has 0 saturated carbocycles. The lowest BCUT2D eigenvalue weighted by Gasteiger charge is -2.17. The van der Waals surface area contributed by atoms with Crippen molar-refractivity contribution in [2.75, 3.05) is 20.7 Å². The summed E-state index contributed by atoms with van der Waals surface area (Å²) in [5.41, 5.74) is 5.08. The molecule has 1 aromatic rings. The van der Waals surface area contributed by atoms with Gasteiger partial charge in [-0.15, -0.1) is 5.11 Å². The van der Waals surface area contributed by atoms with Gasteiger partial charge in [0, 0.05) is 14.1 Å². The van der Waals surface area contributed by atoms with E-state index in [1.165, 1.54) is 15.9 Å². The number of nitrogens with zero attached hydrogens (tertiary/aromatic N) is 5. The van der Waals surface area contributed by atoms with Gasteiger partial charge >= 0.3 is 0 Å². The Labute approximate surface area is 125 Å². The Hall–Kier alpha value is -2.08. The Bertz CT molecular complexity index is 573. The number of rotatable bonds is 5. The van der Waals surface area contributed by atoms with Gasteiger partial charge < -0.3 is 25.8 Å². The molecule has 4 unspecified atom stereocenters. The molecular formula is C11H18N6O5. The van der Waals surface area contributed by atoms with Crippen LogP contribution < -0.4 is 5.73 Å². The quantitative estimate of drug-likeness (QED) is 0.367.